The minimum absolute atomic E-state index is 0.0192. The van der Waals surface area contributed by atoms with Gasteiger partial charge in [-0.1, -0.05) is 6.07 Å². The average Bonchev–Trinajstić information content (AvgIpc) is 3.46. The molecule has 3 aromatic rings. The summed E-state index contributed by atoms with van der Waals surface area (Å²) < 4.78 is 16.3. The van der Waals surface area contributed by atoms with Crippen LogP contribution in [0.4, 0.5) is 0 Å². The summed E-state index contributed by atoms with van der Waals surface area (Å²) in [4.78, 5) is 23.3. The summed E-state index contributed by atoms with van der Waals surface area (Å²) in [6.45, 7) is 0.835. The average molecular weight is 385 g/mol. The SMILES string of the molecule is COc1cccc(OCc2nc(C(=O)N3CCC[C@@H]3c3nccs3)co2)c1. The minimum atomic E-state index is -0.135. The van der Waals surface area contributed by atoms with Crippen LogP contribution in [0, 0.1) is 0 Å². The monoisotopic (exact) mass is 385 g/mol. The number of thiazole rings is 1. The molecular weight excluding hydrogens is 366 g/mol. The van der Waals surface area contributed by atoms with E-state index < -0.39 is 0 Å². The zero-order valence-corrected chi connectivity index (χ0v) is 15.6. The van der Waals surface area contributed by atoms with E-state index in [1.807, 2.05) is 28.5 Å². The largest absolute Gasteiger partial charge is 0.497 e. The number of carbonyl (C=O) groups is 1. The lowest BCUT2D eigenvalue weighted by atomic mass is 10.2. The molecule has 0 spiro atoms. The van der Waals surface area contributed by atoms with Crippen molar-refractivity contribution in [2.75, 3.05) is 13.7 Å². The molecule has 4 rings (SSSR count). The summed E-state index contributed by atoms with van der Waals surface area (Å²) in [7, 11) is 1.60. The van der Waals surface area contributed by atoms with Crippen LogP contribution >= 0.6 is 11.3 Å². The lowest BCUT2D eigenvalue weighted by molar-refractivity contribution is 0.0729. The van der Waals surface area contributed by atoms with Crippen LogP contribution in [0.1, 0.15) is 40.3 Å². The Labute approximate surface area is 160 Å². The lowest BCUT2D eigenvalue weighted by Gasteiger charge is -2.21. The van der Waals surface area contributed by atoms with Crippen molar-refractivity contribution in [3.8, 4) is 11.5 Å². The van der Waals surface area contributed by atoms with Gasteiger partial charge in [0.2, 0.25) is 5.89 Å². The van der Waals surface area contributed by atoms with Gasteiger partial charge in [0.05, 0.1) is 13.2 Å². The zero-order valence-electron chi connectivity index (χ0n) is 14.8. The molecule has 27 heavy (non-hydrogen) atoms. The molecule has 3 heterocycles. The van der Waals surface area contributed by atoms with Crippen molar-refractivity contribution in [2.45, 2.75) is 25.5 Å². The Morgan fingerprint density at radius 1 is 1.41 bits per heavy atom. The first-order valence-corrected chi connectivity index (χ1v) is 9.54. The van der Waals surface area contributed by atoms with Crippen LogP contribution in [-0.2, 0) is 6.61 Å². The number of oxazole rings is 1. The molecule has 8 heteroatoms. The fourth-order valence-electron chi connectivity index (χ4n) is 3.12. The van der Waals surface area contributed by atoms with Gasteiger partial charge in [0.25, 0.3) is 5.91 Å². The molecule has 2 aromatic heterocycles. The second-order valence-corrected chi connectivity index (χ2v) is 7.05. The molecule has 1 aliphatic heterocycles. The van der Waals surface area contributed by atoms with Crippen LogP contribution in [0.3, 0.4) is 0 Å². The highest BCUT2D eigenvalue weighted by Crippen LogP contribution is 2.34. The summed E-state index contributed by atoms with van der Waals surface area (Å²) >= 11 is 1.57. The van der Waals surface area contributed by atoms with Crippen LogP contribution in [0.5, 0.6) is 11.5 Å². The number of amides is 1. The van der Waals surface area contributed by atoms with Crippen LogP contribution in [0.15, 0.2) is 46.5 Å². The van der Waals surface area contributed by atoms with E-state index in [9.17, 15) is 4.79 Å². The van der Waals surface area contributed by atoms with Gasteiger partial charge >= 0.3 is 0 Å². The number of carbonyl (C=O) groups excluding carboxylic acids is 1. The van der Waals surface area contributed by atoms with Crippen molar-refractivity contribution in [3.63, 3.8) is 0 Å². The highest BCUT2D eigenvalue weighted by molar-refractivity contribution is 7.09. The highest BCUT2D eigenvalue weighted by atomic mass is 32.1. The van der Waals surface area contributed by atoms with E-state index in [1.54, 1.807) is 30.7 Å². The third kappa shape index (κ3) is 3.80. The molecule has 140 valence electrons. The number of benzene rings is 1. The molecule has 0 unspecified atom stereocenters. The summed E-state index contributed by atoms with van der Waals surface area (Å²) in [5, 5.41) is 2.89. The molecule has 0 bridgehead atoms. The quantitative estimate of drug-likeness (QED) is 0.644. The van der Waals surface area contributed by atoms with Crippen molar-refractivity contribution < 1.29 is 18.7 Å². The van der Waals surface area contributed by atoms with Gasteiger partial charge < -0.3 is 18.8 Å². The van der Waals surface area contributed by atoms with Gasteiger partial charge in [-0.05, 0) is 25.0 Å². The van der Waals surface area contributed by atoms with Crippen molar-refractivity contribution in [2.24, 2.45) is 0 Å². The molecule has 0 N–H and O–H groups in total. The van der Waals surface area contributed by atoms with E-state index in [-0.39, 0.29) is 18.6 Å². The number of hydrogen-bond donors (Lipinski definition) is 0. The van der Waals surface area contributed by atoms with Crippen molar-refractivity contribution in [3.05, 3.63) is 58.7 Å². The van der Waals surface area contributed by atoms with Crippen LogP contribution < -0.4 is 9.47 Å². The van der Waals surface area contributed by atoms with Gasteiger partial charge in [-0.3, -0.25) is 4.79 Å². The Morgan fingerprint density at radius 2 is 2.30 bits per heavy atom. The highest BCUT2D eigenvalue weighted by Gasteiger charge is 2.33. The first-order chi connectivity index (χ1) is 13.2. The van der Waals surface area contributed by atoms with Gasteiger partial charge in [0, 0.05) is 24.2 Å². The number of ether oxygens (including phenoxy) is 2. The number of rotatable bonds is 6. The summed E-state index contributed by atoms with van der Waals surface area (Å²) in [5.41, 5.74) is 0.294. The predicted octanol–water partition coefficient (Wildman–Crippen LogP) is 3.70. The standard InChI is InChI=1S/C19H19N3O4S/c1-24-13-4-2-5-14(10-13)25-12-17-21-15(11-26-17)19(23)22-8-3-6-16(22)18-20-7-9-27-18/h2,4-5,7,9-11,16H,3,6,8,12H2,1H3/t16-/m1/s1. The minimum Gasteiger partial charge on any atom is -0.497 e. The number of aromatic nitrogens is 2. The van der Waals surface area contributed by atoms with Crippen LogP contribution in [0.25, 0.3) is 0 Å². The normalized spacial score (nSPS) is 16.5. The predicted molar refractivity (Wildman–Crippen MR) is 99.0 cm³/mol. The molecule has 1 amide bonds. The maximum atomic E-state index is 12.8. The first-order valence-electron chi connectivity index (χ1n) is 8.66. The fourth-order valence-corrected chi connectivity index (χ4v) is 3.91. The van der Waals surface area contributed by atoms with Gasteiger partial charge in [-0.2, -0.15) is 0 Å². The van der Waals surface area contributed by atoms with Crippen molar-refractivity contribution in [1.29, 1.82) is 0 Å². The Balaban J connectivity index is 1.42. The van der Waals surface area contributed by atoms with Crippen molar-refractivity contribution >= 4 is 17.2 Å². The Bertz CT molecular complexity index is 909. The van der Waals surface area contributed by atoms with Crippen LogP contribution in [-0.4, -0.2) is 34.4 Å². The third-order valence-corrected chi connectivity index (χ3v) is 5.30. The Kier molecular flexibility index (Phi) is 5.06. The number of likely N-dealkylation sites (tertiary alicyclic amines) is 1. The number of hydrogen-bond acceptors (Lipinski definition) is 7. The third-order valence-electron chi connectivity index (χ3n) is 4.42. The number of methoxy groups -OCH3 is 1. The Morgan fingerprint density at radius 3 is 3.11 bits per heavy atom. The van der Waals surface area contributed by atoms with Gasteiger partial charge in [0.15, 0.2) is 12.3 Å². The molecule has 0 aliphatic carbocycles. The van der Waals surface area contributed by atoms with E-state index in [1.165, 1.54) is 6.26 Å². The Hall–Kier alpha value is -2.87. The lowest BCUT2D eigenvalue weighted by Crippen LogP contribution is -2.30. The second-order valence-electron chi connectivity index (χ2n) is 6.12. The molecular formula is C19H19N3O4S. The smallest absolute Gasteiger partial charge is 0.276 e. The van der Waals surface area contributed by atoms with Crippen LogP contribution in [0.2, 0.25) is 0 Å². The topological polar surface area (TPSA) is 77.7 Å². The summed E-state index contributed by atoms with van der Waals surface area (Å²) in [5.74, 6) is 1.57. The molecule has 1 aromatic carbocycles. The molecule has 1 fully saturated rings. The maximum absolute atomic E-state index is 12.8. The van der Waals surface area contributed by atoms with E-state index in [0.29, 0.717) is 29.6 Å². The molecule has 1 saturated heterocycles. The van der Waals surface area contributed by atoms with E-state index in [0.717, 1.165) is 17.8 Å². The summed E-state index contributed by atoms with van der Waals surface area (Å²) in [6, 6.07) is 7.29. The molecule has 0 saturated carbocycles. The molecule has 7 nitrogen and oxygen atoms in total. The second kappa shape index (κ2) is 7.79. The number of nitrogens with zero attached hydrogens (tertiary/aromatic N) is 3. The van der Waals surface area contributed by atoms with Crippen molar-refractivity contribution in [1.82, 2.24) is 14.9 Å². The fraction of sp³-hybridized carbons (Fsp3) is 0.316. The van der Waals surface area contributed by atoms with Gasteiger partial charge in [0.1, 0.15) is 22.8 Å². The summed E-state index contributed by atoms with van der Waals surface area (Å²) in [6.07, 6.45) is 5.04. The molecule has 0 radical (unpaired) electrons. The zero-order chi connectivity index (χ0) is 18.6. The maximum Gasteiger partial charge on any atom is 0.276 e. The van der Waals surface area contributed by atoms with Gasteiger partial charge in [-0.15, -0.1) is 11.3 Å². The van der Waals surface area contributed by atoms with E-state index >= 15 is 0 Å². The van der Waals surface area contributed by atoms with E-state index in [2.05, 4.69) is 9.97 Å². The molecule has 1 atom stereocenters. The first kappa shape index (κ1) is 17.5. The molecule has 1 aliphatic rings. The van der Waals surface area contributed by atoms with Gasteiger partial charge in [-0.25, -0.2) is 9.97 Å². The van der Waals surface area contributed by atoms with E-state index in [4.69, 9.17) is 13.9 Å².